The molecule has 12 heavy (non-hydrogen) atoms. The summed E-state index contributed by atoms with van der Waals surface area (Å²) < 4.78 is 0. The number of pyridine rings is 1. The zero-order valence-corrected chi connectivity index (χ0v) is 7.64. The van der Waals surface area contributed by atoms with Crippen molar-refractivity contribution in [2.45, 2.75) is 6.92 Å². The summed E-state index contributed by atoms with van der Waals surface area (Å²) in [6.45, 7) is 2.11. The molecule has 0 fully saturated rings. The van der Waals surface area contributed by atoms with Crippen LogP contribution >= 0.6 is 11.3 Å². The number of hydrogen-bond acceptors (Lipinski definition) is 2. The quantitative estimate of drug-likeness (QED) is 0.649. The van der Waals surface area contributed by atoms with Crippen LogP contribution in [0.3, 0.4) is 0 Å². The first kappa shape index (κ1) is 7.50. The summed E-state index contributed by atoms with van der Waals surface area (Å²) in [7, 11) is 0. The number of aromatic nitrogens is 1. The molecule has 60 valence electrons. The van der Waals surface area contributed by atoms with E-state index in [2.05, 4.69) is 28.7 Å². The molecule has 2 heteroatoms. The van der Waals surface area contributed by atoms with Crippen LogP contribution in [0.15, 0.2) is 35.3 Å². The lowest BCUT2D eigenvalue weighted by atomic mass is 10.1. The zero-order chi connectivity index (χ0) is 8.39. The highest BCUT2D eigenvalue weighted by Gasteiger charge is 1.99. The Labute approximate surface area is 75.7 Å². The number of hydrogen-bond donors (Lipinski definition) is 0. The summed E-state index contributed by atoms with van der Waals surface area (Å²) in [6, 6.07) is 4.15. The van der Waals surface area contributed by atoms with E-state index in [0.29, 0.717) is 0 Å². The van der Waals surface area contributed by atoms with Crippen molar-refractivity contribution in [3.05, 3.63) is 40.8 Å². The number of aryl methyl sites for hydroxylation is 1. The predicted octanol–water partition coefficient (Wildman–Crippen LogP) is 3.12. The van der Waals surface area contributed by atoms with Crippen LogP contribution in [0.4, 0.5) is 0 Å². The third-order valence-electron chi connectivity index (χ3n) is 1.87. The van der Waals surface area contributed by atoms with Gasteiger partial charge in [-0.25, -0.2) is 0 Å². The van der Waals surface area contributed by atoms with Crippen molar-refractivity contribution in [1.82, 2.24) is 4.98 Å². The third-order valence-corrected chi connectivity index (χ3v) is 2.55. The van der Waals surface area contributed by atoms with Crippen molar-refractivity contribution in [2.24, 2.45) is 0 Å². The van der Waals surface area contributed by atoms with Crippen LogP contribution in [0, 0.1) is 6.92 Å². The summed E-state index contributed by atoms with van der Waals surface area (Å²) in [6.07, 6.45) is 3.74. The van der Waals surface area contributed by atoms with Gasteiger partial charge in [-0.05, 0) is 40.9 Å². The molecular formula is C10H9NS. The predicted molar refractivity (Wildman–Crippen MR) is 52.3 cm³/mol. The van der Waals surface area contributed by atoms with Gasteiger partial charge in [0.05, 0.1) is 0 Å². The maximum Gasteiger partial charge on any atom is 0.0349 e. The molecule has 0 bridgehead atoms. The van der Waals surface area contributed by atoms with Crippen LogP contribution in [0.5, 0.6) is 0 Å². The van der Waals surface area contributed by atoms with Crippen LogP contribution < -0.4 is 0 Å². The summed E-state index contributed by atoms with van der Waals surface area (Å²) in [4.78, 5) is 4.11. The SMILES string of the molecule is Cc1ccncc1-c1ccsc1. The van der Waals surface area contributed by atoms with Gasteiger partial charge in [0.2, 0.25) is 0 Å². The Hall–Kier alpha value is -1.15. The fraction of sp³-hybridized carbons (Fsp3) is 0.100. The lowest BCUT2D eigenvalue weighted by molar-refractivity contribution is 1.29. The van der Waals surface area contributed by atoms with E-state index in [1.807, 2.05) is 18.5 Å². The van der Waals surface area contributed by atoms with Crippen molar-refractivity contribution in [3.63, 3.8) is 0 Å². The lowest BCUT2D eigenvalue weighted by Crippen LogP contribution is -1.81. The van der Waals surface area contributed by atoms with E-state index < -0.39 is 0 Å². The second-order valence-electron chi connectivity index (χ2n) is 2.70. The molecule has 0 saturated heterocycles. The van der Waals surface area contributed by atoms with Crippen LogP contribution in [-0.2, 0) is 0 Å². The summed E-state index contributed by atoms with van der Waals surface area (Å²) >= 11 is 1.72. The van der Waals surface area contributed by atoms with Crippen LogP contribution in [-0.4, -0.2) is 4.98 Å². The summed E-state index contributed by atoms with van der Waals surface area (Å²) in [5, 5.41) is 4.23. The molecule has 2 aromatic rings. The van der Waals surface area contributed by atoms with Crippen LogP contribution in [0.1, 0.15) is 5.56 Å². The molecule has 0 aromatic carbocycles. The molecule has 0 N–H and O–H groups in total. The van der Waals surface area contributed by atoms with Crippen molar-refractivity contribution in [1.29, 1.82) is 0 Å². The van der Waals surface area contributed by atoms with E-state index in [-0.39, 0.29) is 0 Å². The third kappa shape index (κ3) is 1.25. The van der Waals surface area contributed by atoms with E-state index in [1.54, 1.807) is 11.3 Å². The molecule has 0 saturated carbocycles. The fourth-order valence-electron chi connectivity index (χ4n) is 1.18. The van der Waals surface area contributed by atoms with Gasteiger partial charge in [0.1, 0.15) is 0 Å². The summed E-state index contributed by atoms with van der Waals surface area (Å²) in [5.74, 6) is 0. The minimum absolute atomic E-state index is 1.23. The van der Waals surface area contributed by atoms with E-state index in [0.717, 1.165) is 0 Å². The number of rotatable bonds is 1. The highest BCUT2D eigenvalue weighted by atomic mass is 32.1. The average Bonchev–Trinajstić information content (AvgIpc) is 2.57. The first-order chi connectivity index (χ1) is 5.88. The Morgan fingerprint density at radius 1 is 1.33 bits per heavy atom. The maximum absolute atomic E-state index is 4.11. The Kier molecular flexibility index (Phi) is 1.92. The van der Waals surface area contributed by atoms with Gasteiger partial charge < -0.3 is 0 Å². The van der Waals surface area contributed by atoms with Crippen LogP contribution in [0.25, 0.3) is 11.1 Å². The van der Waals surface area contributed by atoms with Gasteiger partial charge in [0.15, 0.2) is 0 Å². The van der Waals surface area contributed by atoms with Crippen molar-refractivity contribution >= 4 is 11.3 Å². The zero-order valence-electron chi connectivity index (χ0n) is 6.82. The molecule has 0 unspecified atom stereocenters. The monoisotopic (exact) mass is 175 g/mol. The Morgan fingerprint density at radius 2 is 2.25 bits per heavy atom. The Bertz CT molecular complexity index is 365. The van der Waals surface area contributed by atoms with Gasteiger partial charge >= 0.3 is 0 Å². The molecule has 0 aliphatic heterocycles. The first-order valence-corrected chi connectivity index (χ1v) is 4.75. The Balaban J connectivity index is 2.55. The van der Waals surface area contributed by atoms with Gasteiger partial charge in [0, 0.05) is 18.0 Å². The van der Waals surface area contributed by atoms with E-state index in [4.69, 9.17) is 0 Å². The van der Waals surface area contributed by atoms with Crippen molar-refractivity contribution in [2.75, 3.05) is 0 Å². The first-order valence-electron chi connectivity index (χ1n) is 3.81. The van der Waals surface area contributed by atoms with Crippen molar-refractivity contribution in [3.8, 4) is 11.1 Å². The second-order valence-corrected chi connectivity index (χ2v) is 3.48. The van der Waals surface area contributed by atoms with Gasteiger partial charge in [-0.15, -0.1) is 0 Å². The Morgan fingerprint density at radius 3 is 2.92 bits per heavy atom. The molecule has 0 atom stereocenters. The molecule has 0 spiro atoms. The van der Waals surface area contributed by atoms with E-state index >= 15 is 0 Å². The molecular weight excluding hydrogens is 166 g/mol. The summed E-state index contributed by atoms with van der Waals surface area (Å²) in [5.41, 5.74) is 3.78. The largest absolute Gasteiger partial charge is 0.264 e. The number of nitrogens with zero attached hydrogens (tertiary/aromatic N) is 1. The highest BCUT2D eigenvalue weighted by Crippen LogP contribution is 2.23. The highest BCUT2D eigenvalue weighted by molar-refractivity contribution is 7.08. The van der Waals surface area contributed by atoms with E-state index in [9.17, 15) is 0 Å². The van der Waals surface area contributed by atoms with Gasteiger partial charge in [0.25, 0.3) is 0 Å². The molecule has 2 aromatic heterocycles. The standard InChI is InChI=1S/C10H9NS/c1-8-2-4-11-6-10(8)9-3-5-12-7-9/h2-7H,1H3. The topological polar surface area (TPSA) is 12.9 Å². The van der Waals surface area contributed by atoms with Crippen molar-refractivity contribution < 1.29 is 0 Å². The van der Waals surface area contributed by atoms with Gasteiger partial charge in [-0.2, -0.15) is 11.3 Å². The minimum atomic E-state index is 1.23. The fourth-order valence-corrected chi connectivity index (χ4v) is 1.84. The number of thiophene rings is 1. The average molecular weight is 175 g/mol. The van der Waals surface area contributed by atoms with Gasteiger partial charge in [-0.3, -0.25) is 4.98 Å². The molecule has 1 nitrogen and oxygen atoms in total. The molecule has 2 rings (SSSR count). The second kappa shape index (κ2) is 3.07. The smallest absolute Gasteiger partial charge is 0.0349 e. The van der Waals surface area contributed by atoms with Gasteiger partial charge in [-0.1, -0.05) is 0 Å². The molecule has 0 aliphatic carbocycles. The van der Waals surface area contributed by atoms with E-state index in [1.165, 1.54) is 16.7 Å². The molecule has 2 heterocycles. The van der Waals surface area contributed by atoms with Crippen LogP contribution in [0.2, 0.25) is 0 Å². The molecule has 0 aliphatic rings. The molecule has 0 radical (unpaired) electrons. The lowest BCUT2D eigenvalue weighted by Gasteiger charge is -2.00. The normalized spacial score (nSPS) is 10.1. The maximum atomic E-state index is 4.11. The minimum Gasteiger partial charge on any atom is -0.264 e. The molecule has 0 amide bonds.